The Labute approximate surface area is 142 Å². The molecule has 0 aliphatic heterocycles. The van der Waals surface area contributed by atoms with Gasteiger partial charge in [-0.15, -0.1) is 0 Å². The van der Waals surface area contributed by atoms with Gasteiger partial charge in [0.1, 0.15) is 11.5 Å². The number of benzene rings is 2. The van der Waals surface area contributed by atoms with Crippen molar-refractivity contribution in [3.63, 3.8) is 0 Å². The molecule has 0 radical (unpaired) electrons. The molecule has 2 aromatic rings. The third-order valence-electron chi connectivity index (χ3n) is 3.40. The number of nitrogens with one attached hydrogen (secondary N) is 1. The summed E-state index contributed by atoms with van der Waals surface area (Å²) in [4.78, 5) is 12.0. The van der Waals surface area contributed by atoms with Crippen LogP contribution in [0.2, 0.25) is 0 Å². The molecule has 0 bridgehead atoms. The van der Waals surface area contributed by atoms with Crippen LogP contribution in [0, 0.1) is 0 Å². The summed E-state index contributed by atoms with van der Waals surface area (Å²) in [6.45, 7) is 3.15. The summed E-state index contributed by atoms with van der Waals surface area (Å²) >= 11 is 0. The van der Waals surface area contributed by atoms with Crippen molar-refractivity contribution < 1.29 is 19.0 Å². The molecule has 0 aliphatic carbocycles. The SMILES string of the molecule is COc1ccc(O[C@H](C)C(=O)NCCOCc2ccccc2)cc1. The average Bonchev–Trinajstić information content (AvgIpc) is 2.62. The lowest BCUT2D eigenvalue weighted by Crippen LogP contribution is -2.38. The first-order chi connectivity index (χ1) is 11.7. The van der Waals surface area contributed by atoms with Crippen molar-refractivity contribution in [1.82, 2.24) is 5.32 Å². The van der Waals surface area contributed by atoms with Gasteiger partial charge in [0.2, 0.25) is 0 Å². The zero-order valence-electron chi connectivity index (χ0n) is 14.0. The fourth-order valence-corrected chi connectivity index (χ4v) is 2.07. The van der Waals surface area contributed by atoms with E-state index in [1.807, 2.05) is 30.3 Å². The summed E-state index contributed by atoms with van der Waals surface area (Å²) < 4.78 is 16.2. The number of ether oxygens (including phenoxy) is 3. The van der Waals surface area contributed by atoms with Gasteiger partial charge in [0.15, 0.2) is 6.10 Å². The molecule has 1 atom stereocenters. The quantitative estimate of drug-likeness (QED) is 0.719. The van der Waals surface area contributed by atoms with Crippen molar-refractivity contribution in [3.8, 4) is 11.5 Å². The maximum atomic E-state index is 12.0. The lowest BCUT2D eigenvalue weighted by molar-refractivity contribution is -0.127. The van der Waals surface area contributed by atoms with Gasteiger partial charge >= 0.3 is 0 Å². The van der Waals surface area contributed by atoms with Crippen LogP contribution in [0.5, 0.6) is 11.5 Å². The van der Waals surface area contributed by atoms with Crippen molar-refractivity contribution >= 4 is 5.91 Å². The first kappa shape index (κ1) is 17.8. The van der Waals surface area contributed by atoms with Gasteiger partial charge in [-0.25, -0.2) is 0 Å². The van der Waals surface area contributed by atoms with Crippen LogP contribution in [-0.4, -0.2) is 32.3 Å². The predicted octanol–water partition coefficient (Wildman–Crippen LogP) is 2.80. The predicted molar refractivity (Wildman–Crippen MR) is 92.2 cm³/mol. The van der Waals surface area contributed by atoms with E-state index in [4.69, 9.17) is 14.2 Å². The molecule has 0 heterocycles. The van der Waals surface area contributed by atoms with Gasteiger partial charge in [-0.1, -0.05) is 30.3 Å². The Morgan fingerprint density at radius 3 is 2.38 bits per heavy atom. The van der Waals surface area contributed by atoms with E-state index in [2.05, 4.69) is 5.32 Å². The molecule has 2 aromatic carbocycles. The van der Waals surface area contributed by atoms with Crippen LogP contribution in [0.1, 0.15) is 12.5 Å². The molecule has 2 rings (SSSR count). The van der Waals surface area contributed by atoms with Gasteiger partial charge in [0, 0.05) is 6.54 Å². The van der Waals surface area contributed by atoms with E-state index in [-0.39, 0.29) is 5.91 Å². The van der Waals surface area contributed by atoms with Crippen LogP contribution < -0.4 is 14.8 Å². The van der Waals surface area contributed by atoms with E-state index in [0.29, 0.717) is 25.5 Å². The summed E-state index contributed by atoms with van der Waals surface area (Å²) in [7, 11) is 1.60. The number of methoxy groups -OCH3 is 1. The van der Waals surface area contributed by atoms with E-state index in [0.717, 1.165) is 11.3 Å². The fourth-order valence-electron chi connectivity index (χ4n) is 2.07. The second-order valence-corrected chi connectivity index (χ2v) is 5.26. The van der Waals surface area contributed by atoms with Crippen LogP contribution in [0.4, 0.5) is 0 Å². The van der Waals surface area contributed by atoms with Crippen LogP contribution in [0.25, 0.3) is 0 Å². The Kier molecular flexibility index (Phi) is 7.11. The summed E-state index contributed by atoms with van der Waals surface area (Å²) in [5.41, 5.74) is 1.11. The maximum Gasteiger partial charge on any atom is 0.260 e. The van der Waals surface area contributed by atoms with Crippen LogP contribution in [0.15, 0.2) is 54.6 Å². The highest BCUT2D eigenvalue weighted by atomic mass is 16.5. The Hall–Kier alpha value is -2.53. The number of carbonyl (C=O) groups excluding carboxylic acids is 1. The molecule has 24 heavy (non-hydrogen) atoms. The van der Waals surface area contributed by atoms with Crippen molar-refractivity contribution in [2.24, 2.45) is 0 Å². The molecule has 0 spiro atoms. The second kappa shape index (κ2) is 9.57. The highest BCUT2D eigenvalue weighted by Crippen LogP contribution is 2.18. The van der Waals surface area contributed by atoms with Gasteiger partial charge in [-0.3, -0.25) is 4.79 Å². The summed E-state index contributed by atoms with van der Waals surface area (Å²) in [5.74, 6) is 1.20. The number of hydrogen-bond donors (Lipinski definition) is 1. The zero-order valence-corrected chi connectivity index (χ0v) is 14.0. The van der Waals surface area contributed by atoms with Crippen molar-refractivity contribution in [2.45, 2.75) is 19.6 Å². The maximum absolute atomic E-state index is 12.0. The molecule has 0 saturated carbocycles. The molecule has 5 nitrogen and oxygen atoms in total. The molecule has 0 saturated heterocycles. The summed E-state index contributed by atoms with van der Waals surface area (Å²) in [6.07, 6.45) is -0.576. The molecule has 5 heteroatoms. The molecule has 0 aromatic heterocycles. The minimum Gasteiger partial charge on any atom is -0.497 e. The van der Waals surface area contributed by atoms with Gasteiger partial charge in [-0.2, -0.15) is 0 Å². The molecule has 0 unspecified atom stereocenters. The van der Waals surface area contributed by atoms with Gasteiger partial charge in [0.05, 0.1) is 20.3 Å². The number of hydrogen-bond acceptors (Lipinski definition) is 4. The standard InChI is InChI=1S/C19H23NO4/c1-15(24-18-10-8-17(22-2)9-11-18)19(21)20-12-13-23-14-16-6-4-3-5-7-16/h3-11,15H,12-14H2,1-2H3,(H,20,21)/t15-/m1/s1. The summed E-state index contributed by atoms with van der Waals surface area (Å²) in [5, 5.41) is 2.80. The molecular weight excluding hydrogens is 306 g/mol. The normalized spacial score (nSPS) is 11.6. The Morgan fingerprint density at radius 2 is 1.71 bits per heavy atom. The fraction of sp³-hybridized carbons (Fsp3) is 0.316. The molecule has 0 aliphatic rings. The number of carbonyl (C=O) groups is 1. The second-order valence-electron chi connectivity index (χ2n) is 5.26. The molecular formula is C19H23NO4. The van der Waals surface area contributed by atoms with Crippen molar-refractivity contribution in [1.29, 1.82) is 0 Å². The first-order valence-corrected chi connectivity index (χ1v) is 7.89. The minimum atomic E-state index is -0.576. The minimum absolute atomic E-state index is 0.172. The summed E-state index contributed by atoms with van der Waals surface area (Å²) in [6, 6.07) is 17.0. The van der Waals surface area contributed by atoms with Gasteiger partial charge in [-0.05, 0) is 36.8 Å². The molecule has 128 valence electrons. The van der Waals surface area contributed by atoms with E-state index in [1.165, 1.54) is 0 Å². The van der Waals surface area contributed by atoms with Crippen molar-refractivity contribution in [3.05, 3.63) is 60.2 Å². The zero-order chi connectivity index (χ0) is 17.2. The highest BCUT2D eigenvalue weighted by molar-refractivity contribution is 5.80. The third-order valence-corrected chi connectivity index (χ3v) is 3.40. The largest absolute Gasteiger partial charge is 0.497 e. The van der Waals surface area contributed by atoms with Crippen LogP contribution >= 0.6 is 0 Å². The van der Waals surface area contributed by atoms with Crippen molar-refractivity contribution in [2.75, 3.05) is 20.3 Å². The van der Waals surface area contributed by atoms with E-state index in [1.54, 1.807) is 38.3 Å². The highest BCUT2D eigenvalue weighted by Gasteiger charge is 2.13. The van der Waals surface area contributed by atoms with E-state index < -0.39 is 6.10 Å². The number of rotatable bonds is 9. The topological polar surface area (TPSA) is 56.8 Å². The smallest absolute Gasteiger partial charge is 0.260 e. The van der Waals surface area contributed by atoms with Gasteiger partial charge < -0.3 is 19.5 Å². The Balaban J connectivity index is 1.64. The van der Waals surface area contributed by atoms with E-state index in [9.17, 15) is 4.79 Å². The van der Waals surface area contributed by atoms with Crippen LogP contribution in [0.3, 0.4) is 0 Å². The Morgan fingerprint density at radius 1 is 1.04 bits per heavy atom. The lowest BCUT2D eigenvalue weighted by Gasteiger charge is -2.15. The number of amides is 1. The van der Waals surface area contributed by atoms with Crippen LogP contribution in [-0.2, 0) is 16.1 Å². The Bertz CT molecular complexity index is 613. The average molecular weight is 329 g/mol. The van der Waals surface area contributed by atoms with Gasteiger partial charge in [0.25, 0.3) is 5.91 Å². The molecule has 1 N–H and O–H groups in total. The molecule has 0 fully saturated rings. The van der Waals surface area contributed by atoms with E-state index >= 15 is 0 Å². The monoisotopic (exact) mass is 329 g/mol. The molecule has 1 amide bonds. The third kappa shape index (κ3) is 5.93. The lowest BCUT2D eigenvalue weighted by atomic mass is 10.2. The first-order valence-electron chi connectivity index (χ1n) is 7.89.